The van der Waals surface area contributed by atoms with Crippen molar-refractivity contribution >= 4 is 0 Å². The van der Waals surface area contributed by atoms with Gasteiger partial charge >= 0.3 is 0 Å². The molecule has 0 radical (unpaired) electrons. The van der Waals surface area contributed by atoms with E-state index in [0.717, 1.165) is 26.0 Å². The van der Waals surface area contributed by atoms with Gasteiger partial charge in [0.05, 0.1) is 6.10 Å². The number of nitrogens with one attached hydrogen (secondary N) is 1. The van der Waals surface area contributed by atoms with Crippen LogP contribution >= 0.6 is 0 Å². The van der Waals surface area contributed by atoms with Gasteiger partial charge in [-0.05, 0) is 38.6 Å². The summed E-state index contributed by atoms with van der Waals surface area (Å²) in [5.74, 6) is 2.72. The molecule has 1 aliphatic heterocycles. The fourth-order valence-corrected chi connectivity index (χ4v) is 2.07. The van der Waals surface area contributed by atoms with E-state index in [1.807, 2.05) is 0 Å². The zero-order valence-electron chi connectivity index (χ0n) is 9.80. The first-order valence-corrected chi connectivity index (χ1v) is 6.17. The largest absolute Gasteiger partial charge is 0.377 e. The lowest BCUT2D eigenvalue weighted by atomic mass is 9.98. The van der Waals surface area contributed by atoms with Crippen molar-refractivity contribution in [2.75, 3.05) is 13.2 Å². The van der Waals surface area contributed by atoms with Gasteiger partial charge in [-0.2, -0.15) is 0 Å². The Kier molecular flexibility index (Phi) is 6.47. The molecule has 0 saturated carbocycles. The lowest BCUT2D eigenvalue weighted by molar-refractivity contribution is -0.00890. The van der Waals surface area contributed by atoms with E-state index in [-0.39, 0.29) is 0 Å². The Balaban J connectivity index is 2.34. The normalized spacial score (nSPS) is 23.3. The molecule has 86 valence electrons. The molecule has 2 unspecified atom stereocenters. The van der Waals surface area contributed by atoms with Crippen molar-refractivity contribution in [3.05, 3.63) is 0 Å². The van der Waals surface area contributed by atoms with Crippen molar-refractivity contribution in [3.63, 3.8) is 0 Å². The molecule has 0 aromatic carbocycles. The molecule has 0 amide bonds. The molecule has 2 heteroatoms. The van der Waals surface area contributed by atoms with Gasteiger partial charge in [0, 0.05) is 19.1 Å². The molecule has 1 saturated heterocycles. The molecule has 2 nitrogen and oxygen atoms in total. The van der Waals surface area contributed by atoms with Gasteiger partial charge in [0.1, 0.15) is 0 Å². The molecule has 0 spiro atoms. The van der Waals surface area contributed by atoms with Crippen LogP contribution in [0.3, 0.4) is 0 Å². The number of hydrogen-bond acceptors (Lipinski definition) is 2. The Morgan fingerprint density at radius 3 is 3.00 bits per heavy atom. The monoisotopic (exact) mass is 209 g/mol. The van der Waals surface area contributed by atoms with Crippen LogP contribution in [0.25, 0.3) is 0 Å². The molecule has 1 heterocycles. The maximum Gasteiger partial charge on any atom is 0.0728 e. The molecular formula is C13H23NO. The highest BCUT2D eigenvalue weighted by molar-refractivity contribution is 4.88. The fraction of sp³-hybridized carbons (Fsp3) is 0.846. The van der Waals surface area contributed by atoms with E-state index in [1.54, 1.807) is 0 Å². The SMILES string of the molecule is C#CCCC(NCCC)C1CCCCO1. The van der Waals surface area contributed by atoms with E-state index >= 15 is 0 Å². The second kappa shape index (κ2) is 7.73. The maximum absolute atomic E-state index is 5.80. The van der Waals surface area contributed by atoms with Gasteiger partial charge in [-0.1, -0.05) is 6.92 Å². The van der Waals surface area contributed by atoms with Crippen LogP contribution in [0.2, 0.25) is 0 Å². The molecular weight excluding hydrogens is 186 g/mol. The molecule has 1 fully saturated rings. The summed E-state index contributed by atoms with van der Waals surface area (Å²) in [7, 11) is 0. The van der Waals surface area contributed by atoms with Gasteiger partial charge in [0.2, 0.25) is 0 Å². The standard InChI is InChI=1S/C13H23NO/c1-3-5-8-12(14-10-4-2)13-9-6-7-11-15-13/h1,12-14H,4-11H2,2H3. The first kappa shape index (κ1) is 12.5. The summed E-state index contributed by atoms with van der Waals surface area (Å²) in [6, 6.07) is 0.460. The Labute approximate surface area is 93.8 Å². The van der Waals surface area contributed by atoms with Crippen molar-refractivity contribution in [3.8, 4) is 12.3 Å². The van der Waals surface area contributed by atoms with Crippen LogP contribution < -0.4 is 5.32 Å². The number of ether oxygens (including phenoxy) is 1. The zero-order chi connectivity index (χ0) is 10.9. The maximum atomic E-state index is 5.80. The average Bonchev–Trinajstić information content (AvgIpc) is 2.30. The minimum Gasteiger partial charge on any atom is -0.377 e. The predicted molar refractivity (Wildman–Crippen MR) is 63.7 cm³/mol. The van der Waals surface area contributed by atoms with Crippen molar-refractivity contribution in [2.45, 2.75) is 57.6 Å². The Hall–Kier alpha value is -0.520. The summed E-state index contributed by atoms with van der Waals surface area (Å²) in [5, 5.41) is 3.55. The fourth-order valence-electron chi connectivity index (χ4n) is 2.07. The number of terminal acetylenes is 1. The van der Waals surface area contributed by atoms with E-state index in [1.165, 1.54) is 25.7 Å². The van der Waals surface area contributed by atoms with Gasteiger partial charge < -0.3 is 10.1 Å². The molecule has 1 aliphatic rings. The lowest BCUT2D eigenvalue weighted by Gasteiger charge is -2.31. The van der Waals surface area contributed by atoms with Crippen LogP contribution in [0.4, 0.5) is 0 Å². The highest BCUT2D eigenvalue weighted by Gasteiger charge is 2.23. The van der Waals surface area contributed by atoms with Gasteiger partial charge in [0.25, 0.3) is 0 Å². The minimum atomic E-state index is 0.388. The second-order valence-corrected chi connectivity index (χ2v) is 4.21. The van der Waals surface area contributed by atoms with Crippen molar-refractivity contribution in [1.29, 1.82) is 0 Å². The van der Waals surface area contributed by atoms with Gasteiger partial charge in [0.15, 0.2) is 0 Å². The minimum absolute atomic E-state index is 0.388. The van der Waals surface area contributed by atoms with Gasteiger partial charge in [-0.3, -0.25) is 0 Å². The molecule has 0 aliphatic carbocycles. The molecule has 15 heavy (non-hydrogen) atoms. The first-order chi connectivity index (χ1) is 7.38. The summed E-state index contributed by atoms with van der Waals surface area (Å²) in [6.45, 7) is 4.17. The van der Waals surface area contributed by atoms with Crippen molar-refractivity contribution in [2.24, 2.45) is 0 Å². The highest BCUT2D eigenvalue weighted by Crippen LogP contribution is 2.18. The third-order valence-corrected chi connectivity index (χ3v) is 2.92. The quantitative estimate of drug-likeness (QED) is 0.678. The lowest BCUT2D eigenvalue weighted by Crippen LogP contribution is -2.43. The van der Waals surface area contributed by atoms with Crippen LogP contribution in [0, 0.1) is 12.3 Å². The highest BCUT2D eigenvalue weighted by atomic mass is 16.5. The topological polar surface area (TPSA) is 21.3 Å². The Morgan fingerprint density at radius 2 is 2.40 bits per heavy atom. The van der Waals surface area contributed by atoms with Crippen LogP contribution in [0.5, 0.6) is 0 Å². The van der Waals surface area contributed by atoms with E-state index in [4.69, 9.17) is 11.2 Å². The third-order valence-electron chi connectivity index (χ3n) is 2.92. The number of hydrogen-bond donors (Lipinski definition) is 1. The molecule has 1 rings (SSSR count). The second-order valence-electron chi connectivity index (χ2n) is 4.21. The number of rotatable bonds is 6. The molecule has 0 aromatic heterocycles. The summed E-state index contributed by atoms with van der Waals surface area (Å²) in [5.41, 5.74) is 0. The van der Waals surface area contributed by atoms with Crippen LogP contribution in [-0.4, -0.2) is 25.3 Å². The average molecular weight is 209 g/mol. The summed E-state index contributed by atoms with van der Waals surface area (Å²) in [6.07, 6.45) is 12.5. The summed E-state index contributed by atoms with van der Waals surface area (Å²) in [4.78, 5) is 0. The summed E-state index contributed by atoms with van der Waals surface area (Å²) >= 11 is 0. The van der Waals surface area contributed by atoms with E-state index in [9.17, 15) is 0 Å². The van der Waals surface area contributed by atoms with E-state index < -0.39 is 0 Å². The first-order valence-electron chi connectivity index (χ1n) is 6.17. The molecule has 2 atom stereocenters. The van der Waals surface area contributed by atoms with Crippen LogP contribution in [0.1, 0.15) is 45.4 Å². The van der Waals surface area contributed by atoms with E-state index in [0.29, 0.717) is 12.1 Å². The van der Waals surface area contributed by atoms with Gasteiger partial charge in [-0.15, -0.1) is 12.3 Å². The van der Waals surface area contributed by atoms with E-state index in [2.05, 4.69) is 18.2 Å². The van der Waals surface area contributed by atoms with Crippen LogP contribution in [0.15, 0.2) is 0 Å². The Bertz CT molecular complexity index is 191. The molecule has 0 bridgehead atoms. The van der Waals surface area contributed by atoms with Crippen molar-refractivity contribution < 1.29 is 4.74 Å². The zero-order valence-corrected chi connectivity index (χ0v) is 9.80. The molecule has 0 aromatic rings. The Morgan fingerprint density at radius 1 is 1.53 bits per heavy atom. The van der Waals surface area contributed by atoms with Gasteiger partial charge in [-0.25, -0.2) is 0 Å². The smallest absolute Gasteiger partial charge is 0.0728 e. The third kappa shape index (κ3) is 4.68. The molecule has 1 N–H and O–H groups in total. The van der Waals surface area contributed by atoms with Crippen molar-refractivity contribution in [1.82, 2.24) is 5.32 Å². The summed E-state index contributed by atoms with van der Waals surface area (Å²) < 4.78 is 5.80. The predicted octanol–water partition coefficient (Wildman–Crippen LogP) is 2.34. The van der Waals surface area contributed by atoms with Crippen LogP contribution in [-0.2, 0) is 4.74 Å².